The van der Waals surface area contributed by atoms with Gasteiger partial charge in [-0.1, -0.05) is 0 Å². The monoisotopic (exact) mass is 269 g/mol. The molecule has 1 heterocycles. The Morgan fingerprint density at radius 1 is 1.37 bits per heavy atom. The summed E-state index contributed by atoms with van der Waals surface area (Å²) in [6.07, 6.45) is 0. The van der Waals surface area contributed by atoms with Crippen molar-refractivity contribution in [2.24, 2.45) is 5.73 Å². The minimum atomic E-state index is -0.401. The Morgan fingerprint density at radius 3 is 2.79 bits per heavy atom. The van der Waals surface area contributed by atoms with Gasteiger partial charge in [0, 0.05) is 43.8 Å². The van der Waals surface area contributed by atoms with Crippen molar-refractivity contribution in [3.8, 4) is 0 Å². The number of rotatable bonds is 3. The summed E-state index contributed by atoms with van der Waals surface area (Å²) in [5.74, 6) is -0.759. The van der Waals surface area contributed by atoms with Crippen molar-refractivity contribution in [1.82, 2.24) is 9.80 Å². The van der Waals surface area contributed by atoms with Crippen LogP contribution in [0.3, 0.4) is 0 Å². The molecule has 0 spiro atoms. The second kappa shape index (κ2) is 5.94. The summed E-state index contributed by atoms with van der Waals surface area (Å²) < 4.78 is 27.1. The van der Waals surface area contributed by atoms with Gasteiger partial charge in [0.05, 0.1) is 0 Å². The van der Waals surface area contributed by atoms with Crippen molar-refractivity contribution in [2.75, 3.05) is 33.2 Å². The largest absolute Gasteiger partial charge is 0.329 e. The minimum Gasteiger partial charge on any atom is -0.329 e. The van der Waals surface area contributed by atoms with E-state index in [-0.39, 0.29) is 17.9 Å². The van der Waals surface area contributed by atoms with Gasteiger partial charge in [-0.05, 0) is 32.2 Å². The number of nitrogens with zero attached hydrogens (tertiary/aromatic N) is 2. The third-order valence-corrected chi connectivity index (χ3v) is 3.91. The fourth-order valence-corrected chi connectivity index (χ4v) is 2.76. The van der Waals surface area contributed by atoms with Crippen LogP contribution < -0.4 is 5.73 Å². The lowest BCUT2D eigenvalue weighted by Gasteiger charge is -2.43. The lowest BCUT2D eigenvalue weighted by molar-refractivity contribution is 0.0607. The van der Waals surface area contributed by atoms with E-state index in [1.807, 2.05) is 14.0 Å². The van der Waals surface area contributed by atoms with Crippen molar-refractivity contribution >= 4 is 0 Å². The highest BCUT2D eigenvalue weighted by Gasteiger charge is 2.29. The summed E-state index contributed by atoms with van der Waals surface area (Å²) in [6, 6.07) is 3.63. The molecule has 3 nitrogen and oxygen atoms in total. The first-order valence-electron chi connectivity index (χ1n) is 6.62. The smallest absolute Gasteiger partial charge is 0.128 e. The molecule has 0 aliphatic carbocycles. The molecule has 0 aromatic heterocycles. The molecule has 1 aromatic rings. The average molecular weight is 269 g/mol. The molecular formula is C14H21F2N3. The van der Waals surface area contributed by atoms with Gasteiger partial charge in [-0.2, -0.15) is 0 Å². The summed E-state index contributed by atoms with van der Waals surface area (Å²) in [5.41, 5.74) is 6.21. The third kappa shape index (κ3) is 3.11. The minimum absolute atomic E-state index is 0.169. The van der Waals surface area contributed by atoms with E-state index in [4.69, 9.17) is 5.73 Å². The number of hydrogen-bond acceptors (Lipinski definition) is 3. The fraction of sp³-hybridized carbons (Fsp3) is 0.571. The van der Waals surface area contributed by atoms with Crippen LogP contribution in [-0.2, 0) is 0 Å². The maximum Gasteiger partial charge on any atom is 0.128 e. The molecule has 2 atom stereocenters. The first kappa shape index (κ1) is 14.4. The van der Waals surface area contributed by atoms with Crippen LogP contribution in [0.5, 0.6) is 0 Å². The van der Waals surface area contributed by atoms with Gasteiger partial charge in [-0.3, -0.25) is 4.90 Å². The molecule has 1 aromatic carbocycles. The van der Waals surface area contributed by atoms with Crippen LogP contribution in [0, 0.1) is 11.6 Å². The molecular weight excluding hydrogens is 248 g/mol. The normalized spacial score (nSPS) is 23.5. The molecule has 5 heteroatoms. The molecule has 2 rings (SSSR count). The summed E-state index contributed by atoms with van der Waals surface area (Å²) in [5, 5.41) is 0. The Bertz CT molecular complexity index is 439. The highest BCUT2D eigenvalue weighted by Crippen LogP contribution is 2.27. The SMILES string of the molecule is CC(c1cc(F)ccc1F)N1CCN(C)CC1CN. The average Bonchev–Trinajstić information content (AvgIpc) is 2.40. The molecule has 1 aliphatic heterocycles. The number of hydrogen-bond donors (Lipinski definition) is 1. The molecule has 2 unspecified atom stereocenters. The Morgan fingerprint density at radius 2 is 2.11 bits per heavy atom. The van der Waals surface area contributed by atoms with Gasteiger partial charge in [0.15, 0.2) is 0 Å². The second-order valence-corrected chi connectivity index (χ2v) is 5.23. The van der Waals surface area contributed by atoms with Crippen LogP contribution >= 0.6 is 0 Å². The first-order chi connectivity index (χ1) is 9.02. The maximum absolute atomic E-state index is 13.8. The van der Waals surface area contributed by atoms with E-state index < -0.39 is 5.82 Å². The first-order valence-corrected chi connectivity index (χ1v) is 6.62. The van der Waals surface area contributed by atoms with E-state index in [2.05, 4.69) is 9.80 Å². The Hall–Kier alpha value is -1.04. The summed E-state index contributed by atoms with van der Waals surface area (Å²) in [4.78, 5) is 4.38. The zero-order valence-electron chi connectivity index (χ0n) is 11.4. The van der Waals surface area contributed by atoms with Crippen LogP contribution in [0.4, 0.5) is 8.78 Å². The van der Waals surface area contributed by atoms with E-state index in [1.54, 1.807) is 0 Å². The number of likely N-dealkylation sites (N-methyl/N-ethyl adjacent to an activating group) is 1. The van der Waals surface area contributed by atoms with Gasteiger partial charge in [-0.25, -0.2) is 8.78 Å². The van der Waals surface area contributed by atoms with Crippen molar-refractivity contribution in [1.29, 1.82) is 0 Å². The lowest BCUT2D eigenvalue weighted by Crippen LogP contribution is -2.55. The van der Waals surface area contributed by atoms with Gasteiger partial charge in [0.25, 0.3) is 0 Å². The van der Waals surface area contributed by atoms with E-state index in [9.17, 15) is 8.78 Å². The molecule has 0 radical (unpaired) electrons. The molecule has 19 heavy (non-hydrogen) atoms. The van der Waals surface area contributed by atoms with Crippen LogP contribution in [0.1, 0.15) is 18.5 Å². The molecule has 1 aliphatic rings. The number of halogens is 2. The van der Waals surface area contributed by atoms with Gasteiger partial charge in [0.1, 0.15) is 11.6 Å². The summed E-state index contributed by atoms with van der Waals surface area (Å²) in [7, 11) is 2.05. The maximum atomic E-state index is 13.8. The Kier molecular flexibility index (Phi) is 4.50. The number of benzene rings is 1. The van der Waals surface area contributed by atoms with Crippen molar-refractivity contribution in [2.45, 2.75) is 19.0 Å². The molecule has 2 N–H and O–H groups in total. The van der Waals surface area contributed by atoms with Crippen molar-refractivity contribution < 1.29 is 8.78 Å². The topological polar surface area (TPSA) is 32.5 Å². The molecule has 0 amide bonds. The van der Waals surface area contributed by atoms with Gasteiger partial charge in [0.2, 0.25) is 0 Å². The van der Waals surface area contributed by atoms with E-state index in [1.165, 1.54) is 12.1 Å². The zero-order chi connectivity index (χ0) is 14.0. The number of piperazine rings is 1. The summed E-state index contributed by atoms with van der Waals surface area (Å²) >= 11 is 0. The highest BCUT2D eigenvalue weighted by molar-refractivity contribution is 5.22. The van der Waals surface area contributed by atoms with Gasteiger partial charge < -0.3 is 10.6 Å². The molecule has 1 fully saturated rings. The number of nitrogens with two attached hydrogens (primary N) is 1. The van der Waals surface area contributed by atoms with Crippen molar-refractivity contribution in [3.63, 3.8) is 0 Å². The van der Waals surface area contributed by atoms with Crippen LogP contribution in [-0.4, -0.2) is 49.1 Å². The molecule has 0 bridgehead atoms. The highest BCUT2D eigenvalue weighted by atomic mass is 19.1. The van der Waals surface area contributed by atoms with Crippen molar-refractivity contribution in [3.05, 3.63) is 35.4 Å². The molecule has 106 valence electrons. The predicted octanol–water partition coefficient (Wildman–Crippen LogP) is 1.60. The van der Waals surface area contributed by atoms with Crippen LogP contribution in [0.25, 0.3) is 0 Å². The Balaban J connectivity index is 2.22. The van der Waals surface area contributed by atoms with Gasteiger partial charge >= 0.3 is 0 Å². The fourth-order valence-electron chi connectivity index (χ4n) is 2.76. The third-order valence-electron chi connectivity index (χ3n) is 3.91. The molecule has 1 saturated heterocycles. The van der Waals surface area contributed by atoms with Crippen LogP contribution in [0.2, 0.25) is 0 Å². The van der Waals surface area contributed by atoms with Crippen LogP contribution in [0.15, 0.2) is 18.2 Å². The van der Waals surface area contributed by atoms with E-state index in [0.29, 0.717) is 12.1 Å². The van der Waals surface area contributed by atoms with Gasteiger partial charge in [-0.15, -0.1) is 0 Å². The Labute approximate surface area is 113 Å². The lowest BCUT2D eigenvalue weighted by atomic mass is 10.0. The van der Waals surface area contributed by atoms with E-state index >= 15 is 0 Å². The predicted molar refractivity (Wildman–Crippen MR) is 71.8 cm³/mol. The van der Waals surface area contributed by atoms with E-state index in [0.717, 1.165) is 25.7 Å². The summed E-state index contributed by atoms with van der Waals surface area (Å²) in [6.45, 7) is 5.02. The standard InChI is InChI=1S/C14H21F2N3/c1-10(13-7-11(15)3-4-14(13)16)19-6-5-18(2)9-12(19)8-17/h3-4,7,10,12H,5-6,8-9,17H2,1-2H3. The quantitative estimate of drug-likeness (QED) is 0.904. The zero-order valence-corrected chi connectivity index (χ0v) is 11.4. The second-order valence-electron chi connectivity index (χ2n) is 5.23. The molecule has 0 saturated carbocycles.